The monoisotopic (exact) mass is 333 g/mol. The van der Waals surface area contributed by atoms with Gasteiger partial charge in [0.1, 0.15) is 35.9 Å². The highest BCUT2D eigenvalue weighted by Gasteiger charge is 2.45. The smallest absolute Gasteiger partial charge is 0.360 e. The number of carbonyl (C=O) groups excluding carboxylic acids is 1. The number of nitrogens with two attached hydrogens (primary N) is 1. The number of nitrogen functional groups attached to an aromatic ring is 1. The zero-order valence-electron chi connectivity index (χ0n) is 11.6. The van der Waals surface area contributed by atoms with E-state index in [-0.39, 0.29) is 29.0 Å². The molecule has 9 nitrogen and oxygen atoms in total. The van der Waals surface area contributed by atoms with Crippen LogP contribution in [0, 0.1) is 0 Å². The third-order valence-corrected chi connectivity index (χ3v) is 3.45. The molecule has 1 aromatic rings. The topological polar surface area (TPSA) is 148 Å². The summed E-state index contributed by atoms with van der Waals surface area (Å²) in [4.78, 5) is 19.5. The van der Waals surface area contributed by atoms with Gasteiger partial charge in [-0.05, 0) is 6.92 Å². The van der Waals surface area contributed by atoms with E-state index in [9.17, 15) is 15.0 Å². The Morgan fingerprint density at radius 1 is 1.41 bits per heavy atom. The maximum atomic E-state index is 11.8. The lowest BCUT2D eigenvalue weighted by molar-refractivity contribution is -0.0238. The fourth-order valence-electron chi connectivity index (χ4n) is 2.10. The molecule has 122 valence electrons. The molecule has 0 saturated carbocycles. The molecule has 10 heteroatoms. The van der Waals surface area contributed by atoms with Gasteiger partial charge in [0.05, 0.1) is 13.2 Å². The average molecular weight is 334 g/mol. The third kappa shape index (κ3) is 2.99. The fourth-order valence-corrected chi connectivity index (χ4v) is 2.31. The Balaban J connectivity index is 2.39. The Morgan fingerprint density at radius 3 is 2.64 bits per heavy atom. The number of aliphatic hydroxyl groups excluding tert-OH is 3. The van der Waals surface area contributed by atoms with Gasteiger partial charge in [-0.25, -0.2) is 14.8 Å². The van der Waals surface area contributed by atoms with E-state index in [2.05, 4.69) is 9.97 Å². The van der Waals surface area contributed by atoms with Gasteiger partial charge in [-0.2, -0.15) is 0 Å². The second-order valence-electron chi connectivity index (χ2n) is 4.61. The maximum absolute atomic E-state index is 11.8. The molecular formula is C12H16ClN3O6. The highest BCUT2D eigenvalue weighted by Crippen LogP contribution is 2.35. The van der Waals surface area contributed by atoms with Crippen LogP contribution in [0.25, 0.3) is 0 Å². The number of rotatable bonds is 4. The summed E-state index contributed by atoms with van der Waals surface area (Å²) >= 11 is 5.81. The summed E-state index contributed by atoms with van der Waals surface area (Å²) in [5.74, 6) is -0.958. The van der Waals surface area contributed by atoms with Crippen molar-refractivity contribution in [3.8, 4) is 0 Å². The molecule has 0 radical (unpaired) electrons. The molecule has 0 aliphatic carbocycles. The summed E-state index contributed by atoms with van der Waals surface area (Å²) < 4.78 is 10.1. The Hall–Kier alpha value is -1.52. The van der Waals surface area contributed by atoms with Crippen molar-refractivity contribution in [2.24, 2.45) is 0 Å². The molecule has 5 N–H and O–H groups in total. The third-order valence-electron chi connectivity index (χ3n) is 3.19. The van der Waals surface area contributed by atoms with Gasteiger partial charge in [0.25, 0.3) is 0 Å². The van der Waals surface area contributed by atoms with Gasteiger partial charge in [0.2, 0.25) is 0 Å². The van der Waals surface area contributed by atoms with Crippen LogP contribution in [-0.4, -0.2) is 62.8 Å². The molecule has 2 rings (SSSR count). The first-order valence-electron chi connectivity index (χ1n) is 6.53. The van der Waals surface area contributed by atoms with Crippen LogP contribution in [0.1, 0.15) is 29.2 Å². The van der Waals surface area contributed by atoms with Crippen molar-refractivity contribution in [1.29, 1.82) is 0 Å². The van der Waals surface area contributed by atoms with E-state index in [0.29, 0.717) is 0 Å². The highest BCUT2D eigenvalue weighted by molar-refractivity contribution is 6.32. The van der Waals surface area contributed by atoms with Crippen molar-refractivity contribution in [3.63, 3.8) is 0 Å². The van der Waals surface area contributed by atoms with Crippen LogP contribution in [0.15, 0.2) is 0 Å². The lowest BCUT2D eigenvalue weighted by atomic mass is 10.1. The lowest BCUT2D eigenvalue weighted by Crippen LogP contribution is -2.32. The number of carbonyl (C=O) groups is 1. The standard InChI is InChI=1S/C12H16ClN3O6/c1-2-21-12(20)6-10(13)16-11(14)5(15-6)9-8(19)7(18)4(3-17)22-9/h4,7-9,17-19H,2-3H2,1H3,(H2,14,16). The van der Waals surface area contributed by atoms with E-state index >= 15 is 0 Å². The van der Waals surface area contributed by atoms with Gasteiger partial charge < -0.3 is 30.5 Å². The summed E-state index contributed by atoms with van der Waals surface area (Å²) in [5, 5.41) is 28.6. The minimum Gasteiger partial charge on any atom is -0.461 e. The SMILES string of the molecule is CCOC(=O)c1nc(C2OC(CO)C(O)C2O)c(N)nc1Cl. The molecule has 0 bridgehead atoms. The van der Waals surface area contributed by atoms with E-state index in [1.165, 1.54) is 0 Å². The molecular weight excluding hydrogens is 318 g/mol. The summed E-state index contributed by atoms with van der Waals surface area (Å²) in [5.41, 5.74) is 5.36. The van der Waals surface area contributed by atoms with Crippen molar-refractivity contribution in [2.75, 3.05) is 18.9 Å². The first-order valence-corrected chi connectivity index (χ1v) is 6.91. The van der Waals surface area contributed by atoms with E-state index in [4.69, 9.17) is 31.9 Å². The average Bonchev–Trinajstić information content (AvgIpc) is 2.75. The molecule has 4 atom stereocenters. The Labute approximate surface area is 130 Å². The number of ether oxygens (including phenoxy) is 2. The fraction of sp³-hybridized carbons (Fsp3) is 0.583. The zero-order chi connectivity index (χ0) is 16.4. The lowest BCUT2D eigenvalue weighted by Gasteiger charge is -2.16. The molecule has 1 aromatic heterocycles. The summed E-state index contributed by atoms with van der Waals surface area (Å²) in [7, 11) is 0. The van der Waals surface area contributed by atoms with Crippen LogP contribution in [0.4, 0.5) is 5.82 Å². The molecule has 0 spiro atoms. The van der Waals surface area contributed by atoms with Crippen LogP contribution in [0.5, 0.6) is 0 Å². The quantitative estimate of drug-likeness (QED) is 0.511. The molecule has 22 heavy (non-hydrogen) atoms. The van der Waals surface area contributed by atoms with Crippen molar-refractivity contribution in [1.82, 2.24) is 9.97 Å². The highest BCUT2D eigenvalue weighted by atomic mass is 35.5. The van der Waals surface area contributed by atoms with Gasteiger partial charge in [0, 0.05) is 0 Å². The Bertz CT molecular complexity index is 572. The van der Waals surface area contributed by atoms with E-state index in [1.54, 1.807) is 6.92 Å². The van der Waals surface area contributed by atoms with Crippen molar-refractivity contribution in [2.45, 2.75) is 31.3 Å². The molecule has 0 aromatic carbocycles. The summed E-state index contributed by atoms with van der Waals surface area (Å²) in [6.07, 6.45) is -4.85. The molecule has 0 amide bonds. The predicted octanol–water partition coefficient (Wildman–Crippen LogP) is -0.957. The summed E-state index contributed by atoms with van der Waals surface area (Å²) in [6.45, 7) is 1.23. The van der Waals surface area contributed by atoms with Crippen LogP contribution < -0.4 is 5.73 Å². The number of aromatic nitrogens is 2. The minimum atomic E-state index is -1.38. The van der Waals surface area contributed by atoms with Crippen LogP contribution in [0.3, 0.4) is 0 Å². The van der Waals surface area contributed by atoms with Gasteiger partial charge in [-0.3, -0.25) is 0 Å². The maximum Gasteiger partial charge on any atom is 0.360 e. The van der Waals surface area contributed by atoms with E-state index < -0.39 is 37.0 Å². The molecule has 4 unspecified atom stereocenters. The van der Waals surface area contributed by atoms with Gasteiger partial charge in [-0.1, -0.05) is 11.6 Å². The van der Waals surface area contributed by atoms with Crippen LogP contribution in [0.2, 0.25) is 5.15 Å². The normalized spacial score (nSPS) is 27.9. The van der Waals surface area contributed by atoms with Gasteiger partial charge in [0.15, 0.2) is 10.8 Å². The molecule has 1 saturated heterocycles. The van der Waals surface area contributed by atoms with E-state index in [1.807, 2.05) is 0 Å². The van der Waals surface area contributed by atoms with E-state index in [0.717, 1.165) is 0 Å². The van der Waals surface area contributed by atoms with Crippen molar-refractivity contribution >= 4 is 23.4 Å². The number of esters is 1. The number of halogens is 1. The first kappa shape index (κ1) is 16.8. The van der Waals surface area contributed by atoms with Crippen molar-refractivity contribution in [3.05, 3.63) is 16.5 Å². The number of hydrogen-bond acceptors (Lipinski definition) is 9. The first-order chi connectivity index (χ1) is 10.4. The van der Waals surface area contributed by atoms with Crippen molar-refractivity contribution < 1.29 is 29.6 Å². The predicted molar refractivity (Wildman–Crippen MR) is 74.1 cm³/mol. The van der Waals surface area contributed by atoms with Gasteiger partial charge >= 0.3 is 5.97 Å². The number of nitrogens with zero attached hydrogens (tertiary/aromatic N) is 2. The second kappa shape index (κ2) is 6.71. The Kier molecular flexibility index (Phi) is 5.14. The molecule has 1 aliphatic rings. The number of anilines is 1. The number of hydrogen-bond donors (Lipinski definition) is 4. The minimum absolute atomic E-state index is 0.0602. The van der Waals surface area contributed by atoms with Crippen LogP contribution >= 0.6 is 11.6 Å². The second-order valence-corrected chi connectivity index (χ2v) is 4.97. The Morgan fingerprint density at radius 2 is 2.09 bits per heavy atom. The number of aliphatic hydroxyl groups is 3. The molecule has 1 aliphatic heterocycles. The molecule has 2 heterocycles. The zero-order valence-corrected chi connectivity index (χ0v) is 12.4. The molecule has 1 fully saturated rings. The van der Waals surface area contributed by atoms with Crippen LogP contribution in [-0.2, 0) is 9.47 Å². The summed E-state index contributed by atoms with van der Waals surface area (Å²) in [6, 6.07) is 0. The van der Waals surface area contributed by atoms with Gasteiger partial charge in [-0.15, -0.1) is 0 Å². The largest absolute Gasteiger partial charge is 0.461 e.